The Morgan fingerprint density at radius 3 is 2.65 bits per heavy atom. The van der Waals surface area contributed by atoms with Gasteiger partial charge in [0.2, 0.25) is 0 Å². The lowest BCUT2D eigenvalue weighted by atomic mass is 10.1. The van der Waals surface area contributed by atoms with Crippen molar-refractivity contribution in [1.29, 1.82) is 0 Å². The predicted molar refractivity (Wildman–Crippen MR) is 68.5 cm³/mol. The Hall–Kier alpha value is -1.45. The van der Waals surface area contributed by atoms with E-state index in [9.17, 15) is 4.79 Å². The summed E-state index contributed by atoms with van der Waals surface area (Å²) in [4.78, 5) is 11.5. The van der Waals surface area contributed by atoms with Crippen LogP contribution in [0.25, 0.3) is 0 Å². The van der Waals surface area contributed by atoms with Gasteiger partial charge in [-0.2, -0.15) is 0 Å². The number of hydrogen-bond acceptors (Lipinski definition) is 3. The van der Waals surface area contributed by atoms with E-state index in [2.05, 4.69) is 0 Å². The van der Waals surface area contributed by atoms with Crippen molar-refractivity contribution >= 4 is 5.78 Å². The third-order valence-corrected chi connectivity index (χ3v) is 2.52. The molecule has 0 radical (unpaired) electrons. The molecule has 2 N–H and O–H groups in total. The summed E-state index contributed by atoms with van der Waals surface area (Å²) < 4.78 is 5.58. The van der Waals surface area contributed by atoms with Crippen LogP contribution in [0, 0.1) is 0 Å². The van der Waals surface area contributed by atoms with Gasteiger partial charge >= 0.3 is 0 Å². The Balaban J connectivity index is 2.44. The number of hydrogen-bond donors (Lipinski definition) is 1. The van der Waals surface area contributed by atoms with Crippen LogP contribution < -0.4 is 5.73 Å². The predicted octanol–water partition coefficient (Wildman–Crippen LogP) is 2.06. The number of allylic oxidation sites excluding steroid dienone is 1. The van der Waals surface area contributed by atoms with Crippen LogP contribution in [0.2, 0.25) is 0 Å². The highest BCUT2D eigenvalue weighted by molar-refractivity contribution is 5.94. The monoisotopic (exact) mass is 233 g/mol. The van der Waals surface area contributed by atoms with Gasteiger partial charge in [0.15, 0.2) is 5.78 Å². The number of ether oxygens (including phenoxy) is 1. The molecule has 0 aliphatic carbocycles. The number of ketones is 1. The Bertz CT molecular complexity index is 373. The van der Waals surface area contributed by atoms with Crippen molar-refractivity contribution in [3.05, 3.63) is 48.0 Å². The fourth-order valence-corrected chi connectivity index (χ4v) is 1.41. The van der Waals surface area contributed by atoms with Crippen LogP contribution in [0.3, 0.4) is 0 Å². The summed E-state index contributed by atoms with van der Waals surface area (Å²) in [5.41, 5.74) is 6.86. The molecule has 17 heavy (non-hydrogen) atoms. The standard InChI is InChI=1S/C14H19NO2/c1-3-7-13(16)14(15)11(2)17-10-12-8-5-4-6-9-12/h3-9,11,14H,10,15H2,1-2H3/b7-3+/t11-,14+/m0/s1. The summed E-state index contributed by atoms with van der Waals surface area (Å²) in [6, 6.07) is 9.21. The van der Waals surface area contributed by atoms with Crippen LogP contribution in [0.1, 0.15) is 19.4 Å². The van der Waals surface area contributed by atoms with E-state index in [0.717, 1.165) is 5.56 Å². The number of benzene rings is 1. The highest BCUT2D eigenvalue weighted by Crippen LogP contribution is 2.06. The van der Waals surface area contributed by atoms with Crippen LogP contribution >= 0.6 is 0 Å². The minimum atomic E-state index is -0.602. The van der Waals surface area contributed by atoms with Gasteiger partial charge in [0.25, 0.3) is 0 Å². The van der Waals surface area contributed by atoms with Gasteiger partial charge in [-0.1, -0.05) is 36.4 Å². The van der Waals surface area contributed by atoms with Crippen molar-refractivity contribution in [1.82, 2.24) is 0 Å². The summed E-state index contributed by atoms with van der Waals surface area (Å²) in [7, 11) is 0. The SMILES string of the molecule is C/C=C/C(=O)[C@H](N)[C@H](C)OCc1ccccc1. The Morgan fingerprint density at radius 1 is 1.41 bits per heavy atom. The molecule has 0 saturated carbocycles. The van der Waals surface area contributed by atoms with Gasteiger partial charge in [-0.25, -0.2) is 0 Å². The van der Waals surface area contributed by atoms with Crippen molar-refractivity contribution in [3.63, 3.8) is 0 Å². The second-order valence-electron chi connectivity index (χ2n) is 3.93. The van der Waals surface area contributed by atoms with Crippen molar-refractivity contribution < 1.29 is 9.53 Å². The molecule has 1 aromatic carbocycles. The second-order valence-corrected chi connectivity index (χ2v) is 3.93. The van der Waals surface area contributed by atoms with Gasteiger partial charge in [0, 0.05) is 0 Å². The Morgan fingerprint density at radius 2 is 2.06 bits per heavy atom. The maximum Gasteiger partial charge on any atom is 0.174 e. The molecule has 0 aliphatic rings. The highest BCUT2D eigenvalue weighted by Gasteiger charge is 2.18. The van der Waals surface area contributed by atoms with Gasteiger partial charge in [-0.15, -0.1) is 0 Å². The van der Waals surface area contributed by atoms with Gasteiger partial charge in [-0.3, -0.25) is 4.79 Å². The molecule has 2 atom stereocenters. The first-order valence-electron chi connectivity index (χ1n) is 5.72. The maximum absolute atomic E-state index is 11.5. The van der Waals surface area contributed by atoms with E-state index >= 15 is 0 Å². The normalized spacial score (nSPS) is 14.8. The van der Waals surface area contributed by atoms with Crippen LogP contribution in [0.15, 0.2) is 42.5 Å². The van der Waals surface area contributed by atoms with Gasteiger partial charge < -0.3 is 10.5 Å². The molecular formula is C14H19NO2. The van der Waals surface area contributed by atoms with Gasteiger partial charge in [0.05, 0.1) is 18.8 Å². The summed E-state index contributed by atoms with van der Waals surface area (Å²) in [6.45, 7) is 4.08. The molecule has 0 bridgehead atoms. The number of carbonyl (C=O) groups is 1. The largest absolute Gasteiger partial charge is 0.372 e. The van der Waals surface area contributed by atoms with E-state index in [-0.39, 0.29) is 11.9 Å². The molecule has 0 heterocycles. The molecule has 0 aromatic heterocycles. The average molecular weight is 233 g/mol. The molecule has 0 aliphatic heterocycles. The molecule has 0 amide bonds. The third-order valence-electron chi connectivity index (χ3n) is 2.52. The molecule has 0 fully saturated rings. The van der Waals surface area contributed by atoms with Gasteiger partial charge in [0.1, 0.15) is 0 Å². The van der Waals surface area contributed by atoms with Crippen LogP contribution in [0.4, 0.5) is 0 Å². The van der Waals surface area contributed by atoms with Crippen molar-refractivity contribution in [2.45, 2.75) is 32.6 Å². The van der Waals surface area contributed by atoms with Crippen molar-refractivity contribution in [2.24, 2.45) is 5.73 Å². The van der Waals surface area contributed by atoms with E-state index < -0.39 is 6.04 Å². The molecule has 0 saturated heterocycles. The number of nitrogens with two attached hydrogens (primary N) is 1. The van der Waals surface area contributed by atoms with Gasteiger partial charge in [-0.05, 0) is 25.5 Å². The van der Waals surface area contributed by atoms with E-state index in [1.54, 1.807) is 13.0 Å². The molecular weight excluding hydrogens is 214 g/mol. The smallest absolute Gasteiger partial charge is 0.174 e. The lowest BCUT2D eigenvalue weighted by Gasteiger charge is -2.18. The van der Waals surface area contributed by atoms with Crippen LogP contribution in [-0.2, 0) is 16.1 Å². The fraction of sp³-hybridized carbons (Fsp3) is 0.357. The summed E-state index contributed by atoms with van der Waals surface area (Å²) in [5.74, 6) is -0.104. The quantitative estimate of drug-likeness (QED) is 0.765. The molecule has 3 heteroatoms. The Kier molecular flexibility index (Phi) is 5.60. The average Bonchev–Trinajstić information content (AvgIpc) is 2.36. The molecule has 3 nitrogen and oxygen atoms in total. The lowest BCUT2D eigenvalue weighted by Crippen LogP contribution is -2.40. The number of rotatable bonds is 6. The fourth-order valence-electron chi connectivity index (χ4n) is 1.41. The third kappa shape index (κ3) is 4.51. The van der Waals surface area contributed by atoms with E-state index in [0.29, 0.717) is 6.61 Å². The van der Waals surface area contributed by atoms with Crippen molar-refractivity contribution in [2.75, 3.05) is 0 Å². The number of carbonyl (C=O) groups excluding carboxylic acids is 1. The second kappa shape index (κ2) is 6.99. The Labute approximate surface area is 102 Å². The first-order valence-corrected chi connectivity index (χ1v) is 5.72. The topological polar surface area (TPSA) is 52.3 Å². The minimum absolute atomic E-state index is 0.104. The molecule has 0 spiro atoms. The molecule has 92 valence electrons. The lowest BCUT2D eigenvalue weighted by molar-refractivity contribution is -0.119. The highest BCUT2D eigenvalue weighted by atomic mass is 16.5. The zero-order chi connectivity index (χ0) is 12.7. The zero-order valence-corrected chi connectivity index (χ0v) is 10.3. The van der Waals surface area contributed by atoms with E-state index in [4.69, 9.17) is 10.5 Å². The van der Waals surface area contributed by atoms with Crippen LogP contribution in [0.5, 0.6) is 0 Å². The first kappa shape index (κ1) is 13.6. The molecule has 1 aromatic rings. The summed E-state index contributed by atoms with van der Waals surface area (Å²) in [5, 5.41) is 0. The first-order chi connectivity index (χ1) is 8.15. The maximum atomic E-state index is 11.5. The summed E-state index contributed by atoms with van der Waals surface area (Å²) in [6.07, 6.45) is 2.87. The van der Waals surface area contributed by atoms with E-state index in [1.807, 2.05) is 37.3 Å². The summed E-state index contributed by atoms with van der Waals surface area (Å²) >= 11 is 0. The van der Waals surface area contributed by atoms with E-state index in [1.165, 1.54) is 6.08 Å². The zero-order valence-electron chi connectivity index (χ0n) is 10.3. The van der Waals surface area contributed by atoms with Crippen molar-refractivity contribution in [3.8, 4) is 0 Å². The van der Waals surface area contributed by atoms with Crippen LogP contribution in [-0.4, -0.2) is 17.9 Å². The minimum Gasteiger partial charge on any atom is -0.372 e. The molecule has 1 rings (SSSR count). The molecule has 0 unspecified atom stereocenters.